The van der Waals surface area contributed by atoms with E-state index in [4.69, 9.17) is 4.84 Å². The Labute approximate surface area is 130 Å². The molecule has 0 atom stereocenters. The number of hydrogen-bond donors (Lipinski definition) is 1. The number of carbonyl (C=O) groups excluding carboxylic acids is 1. The number of hydrogen-bond acceptors (Lipinski definition) is 3. The molecule has 1 amide bonds. The quantitative estimate of drug-likeness (QED) is 0.658. The number of amides is 1. The number of aromatic nitrogens is 2. The average molecular weight is 299 g/mol. The molecule has 0 aliphatic carbocycles. The summed E-state index contributed by atoms with van der Waals surface area (Å²) in [4.78, 5) is 17.4. The van der Waals surface area contributed by atoms with Gasteiger partial charge in [-0.05, 0) is 25.0 Å². The number of nitrogens with one attached hydrogen (secondary N) is 1. The van der Waals surface area contributed by atoms with Crippen LogP contribution < -0.4 is 5.48 Å². The number of para-hydroxylation sites is 1. The predicted molar refractivity (Wildman–Crippen MR) is 85.9 cm³/mol. The van der Waals surface area contributed by atoms with E-state index >= 15 is 0 Å². The number of hydroxylamine groups is 1. The van der Waals surface area contributed by atoms with Crippen molar-refractivity contribution >= 4 is 5.91 Å². The Kier molecular flexibility index (Phi) is 5.12. The van der Waals surface area contributed by atoms with Crippen molar-refractivity contribution in [1.82, 2.24) is 15.3 Å². The van der Waals surface area contributed by atoms with E-state index in [2.05, 4.69) is 17.2 Å². The molecule has 5 heteroatoms. The van der Waals surface area contributed by atoms with Gasteiger partial charge in [-0.15, -0.1) is 0 Å². The summed E-state index contributed by atoms with van der Waals surface area (Å²) in [6.45, 7) is 9.85. The van der Waals surface area contributed by atoms with E-state index in [0.717, 1.165) is 17.0 Å². The van der Waals surface area contributed by atoms with Crippen molar-refractivity contribution in [2.24, 2.45) is 0 Å². The van der Waals surface area contributed by atoms with E-state index in [9.17, 15) is 4.79 Å². The molecular formula is C17H21N3O2. The van der Waals surface area contributed by atoms with Gasteiger partial charge in [-0.3, -0.25) is 9.63 Å². The molecule has 1 aromatic carbocycles. The van der Waals surface area contributed by atoms with Crippen LogP contribution in [-0.4, -0.2) is 22.3 Å². The lowest BCUT2D eigenvalue weighted by Gasteiger charge is -2.06. The first kappa shape index (κ1) is 16.0. The van der Waals surface area contributed by atoms with Crippen molar-refractivity contribution < 1.29 is 9.63 Å². The fraction of sp³-hybridized carbons (Fsp3) is 0.294. The molecule has 0 bridgehead atoms. The summed E-state index contributed by atoms with van der Waals surface area (Å²) in [6, 6.07) is 9.69. The molecule has 0 aliphatic rings. The first-order valence-electron chi connectivity index (χ1n) is 7.20. The Morgan fingerprint density at radius 1 is 1.36 bits per heavy atom. The van der Waals surface area contributed by atoms with Gasteiger partial charge >= 0.3 is 0 Å². The Bertz CT molecular complexity index is 660. The Hall–Kier alpha value is -2.40. The average Bonchev–Trinajstić information content (AvgIpc) is 2.93. The minimum absolute atomic E-state index is 0.131. The van der Waals surface area contributed by atoms with Gasteiger partial charge in [-0.25, -0.2) is 10.2 Å². The minimum atomic E-state index is -0.299. The Morgan fingerprint density at radius 3 is 2.64 bits per heavy atom. The molecule has 116 valence electrons. The maximum absolute atomic E-state index is 12.3. The number of carbonyl (C=O) groups is 1. The molecule has 0 aliphatic heterocycles. The van der Waals surface area contributed by atoms with Crippen molar-refractivity contribution in [3.8, 4) is 5.69 Å². The van der Waals surface area contributed by atoms with Crippen molar-refractivity contribution in [2.45, 2.75) is 26.7 Å². The van der Waals surface area contributed by atoms with Gasteiger partial charge in [0.05, 0.1) is 23.6 Å². The second-order valence-electron chi connectivity index (χ2n) is 5.54. The second kappa shape index (κ2) is 7.04. The third kappa shape index (κ3) is 3.83. The Morgan fingerprint density at radius 2 is 2.05 bits per heavy atom. The van der Waals surface area contributed by atoms with E-state index in [-0.39, 0.29) is 18.4 Å². The molecule has 1 heterocycles. The van der Waals surface area contributed by atoms with Crippen LogP contribution in [-0.2, 0) is 4.84 Å². The first-order chi connectivity index (χ1) is 10.5. The van der Waals surface area contributed by atoms with Crippen molar-refractivity contribution in [1.29, 1.82) is 0 Å². The third-order valence-electron chi connectivity index (χ3n) is 3.04. The van der Waals surface area contributed by atoms with Gasteiger partial charge in [0.2, 0.25) is 0 Å². The molecule has 0 unspecified atom stereocenters. The monoisotopic (exact) mass is 299 g/mol. The van der Waals surface area contributed by atoms with Gasteiger partial charge < -0.3 is 0 Å². The standard InChI is InChI=1S/C17H21N3O2/c1-12(2)11-22-19-17(21)15-10-20(18-16(15)13(3)4)14-8-6-5-7-9-14/h5-10,13H,1,11H2,2-4H3,(H,19,21). The highest BCUT2D eigenvalue weighted by molar-refractivity contribution is 5.94. The van der Waals surface area contributed by atoms with Crippen LogP contribution in [0.15, 0.2) is 48.7 Å². The van der Waals surface area contributed by atoms with E-state index in [1.807, 2.05) is 51.1 Å². The summed E-state index contributed by atoms with van der Waals surface area (Å²) >= 11 is 0. The number of nitrogens with zero attached hydrogens (tertiary/aromatic N) is 2. The minimum Gasteiger partial charge on any atom is -0.269 e. The maximum atomic E-state index is 12.3. The van der Waals surface area contributed by atoms with Crippen LogP contribution >= 0.6 is 0 Å². The molecule has 0 fully saturated rings. The molecule has 22 heavy (non-hydrogen) atoms. The summed E-state index contributed by atoms with van der Waals surface area (Å²) in [5.74, 6) is -0.168. The van der Waals surface area contributed by atoms with Crippen molar-refractivity contribution in [3.63, 3.8) is 0 Å². The van der Waals surface area contributed by atoms with E-state index in [1.165, 1.54) is 0 Å². The summed E-state index contributed by atoms with van der Waals surface area (Å²) in [6.07, 6.45) is 1.73. The highest BCUT2D eigenvalue weighted by atomic mass is 16.6. The van der Waals surface area contributed by atoms with Gasteiger partial charge in [-0.1, -0.05) is 44.2 Å². The normalized spacial score (nSPS) is 10.7. The molecule has 5 nitrogen and oxygen atoms in total. The van der Waals surface area contributed by atoms with Crippen LogP contribution in [0.25, 0.3) is 5.69 Å². The molecule has 1 N–H and O–H groups in total. The summed E-state index contributed by atoms with van der Waals surface area (Å²) in [5.41, 5.74) is 5.43. The zero-order chi connectivity index (χ0) is 16.1. The SMILES string of the molecule is C=C(C)CONC(=O)c1cn(-c2ccccc2)nc1C(C)C. The Balaban J connectivity index is 2.24. The second-order valence-corrected chi connectivity index (χ2v) is 5.54. The molecule has 1 aromatic heterocycles. The maximum Gasteiger partial charge on any atom is 0.278 e. The highest BCUT2D eigenvalue weighted by Gasteiger charge is 2.19. The van der Waals surface area contributed by atoms with Gasteiger partial charge in [-0.2, -0.15) is 5.10 Å². The first-order valence-corrected chi connectivity index (χ1v) is 7.20. The van der Waals surface area contributed by atoms with Gasteiger partial charge in [0.25, 0.3) is 5.91 Å². The van der Waals surface area contributed by atoms with Crippen LogP contribution in [0.2, 0.25) is 0 Å². The third-order valence-corrected chi connectivity index (χ3v) is 3.04. The molecule has 0 saturated carbocycles. The van der Waals surface area contributed by atoms with Crippen LogP contribution in [0.1, 0.15) is 42.7 Å². The molecule has 0 spiro atoms. The van der Waals surface area contributed by atoms with Gasteiger partial charge in [0.15, 0.2) is 0 Å². The van der Waals surface area contributed by atoms with Crippen molar-refractivity contribution in [2.75, 3.05) is 6.61 Å². The molecule has 2 aromatic rings. The highest BCUT2D eigenvalue weighted by Crippen LogP contribution is 2.20. The van der Waals surface area contributed by atoms with Crippen LogP contribution in [0.5, 0.6) is 0 Å². The van der Waals surface area contributed by atoms with Crippen LogP contribution in [0.4, 0.5) is 0 Å². The fourth-order valence-electron chi connectivity index (χ4n) is 1.98. The topological polar surface area (TPSA) is 56.1 Å². The summed E-state index contributed by atoms with van der Waals surface area (Å²) in [7, 11) is 0. The smallest absolute Gasteiger partial charge is 0.269 e. The zero-order valence-electron chi connectivity index (χ0n) is 13.2. The van der Waals surface area contributed by atoms with Crippen LogP contribution in [0, 0.1) is 0 Å². The lowest BCUT2D eigenvalue weighted by Crippen LogP contribution is -2.25. The van der Waals surface area contributed by atoms with Crippen LogP contribution in [0.3, 0.4) is 0 Å². The number of benzene rings is 1. The largest absolute Gasteiger partial charge is 0.278 e. The summed E-state index contributed by atoms with van der Waals surface area (Å²) < 4.78 is 1.71. The molecule has 0 saturated heterocycles. The predicted octanol–water partition coefficient (Wildman–Crippen LogP) is 3.23. The summed E-state index contributed by atoms with van der Waals surface area (Å²) in [5, 5.41) is 4.53. The zero-order valence-corrected chi connectivity index (χ0v) is 13.2. The lowest BCUT2D eigenvalue weighted by molar-refractivity contribution is 0.0399. The van der Waals surface area contributed by atoms with E-state index in [0.29, 0.717) is 5.56 Å². The fourth-order valence-corrected chi connectivity index (χ4v) is 1.98. The van der Waals surface area contributed by atoms with Gasteiger partial charge in [0, 0.05) is 6.20 Å². The molecule has 2 rings (SSSR count). The van der Waals surface area contributed by atoms with E-state index in [1.54, 1.807) is 10.9 Å². The van der Waals surface area contributed by atoms with Gasteiger partial charge in [0.1, 0.15) is 0 Å². The lowest BCUT2D eigenvalue weighted by atomic mass is 10.1. The van der Waals surface area contributed by atoms with Crippen molar-refractivity contribution in [3.05, 3.63) is 59.9 Å². The van der Waals surface area contributed by atoms with E-state index < -0.39 is 0 Å². The molecular weight excluding hydrogens is 278 g/mol. The number of rotatable bonds is 6. The molecule has 0 radical (unpaired) electrons.